The molecule has 4 rings (SSSR count). The van der Waals surface area contributed by atoms with Crippen LogP contribution in [0.4, 0.5) is 17.6 Å². The second-order valence-corrected chi connectivity index (χ2v) is 8.42. The van der Waals surface area contributed by atoms with Crippen molar-refractivity contribution in [2.75, 3.05) is 26.9 Å². The molecule has 0 unspecified atom stereocenters. The van der Waals surface area contributed by atoms with E-state index in [1.807, 2.05) is 18.2 Å². The predicted molar refractivity (Wildman–Crippen MR) is 117 cm³/mol. The average molecular weight is 462 g/mol. The molecule has 176 valence electrons. The lowest BCUT2D eigenvalue weighted by molar-refractivity contribution is -0.208. The molecule has 7 heteroatoms. The monoisotopic (exact) mass is 462 g/mol. The van der Waals surface area contributed by atoms with Crippen LogP contribution < -0.4 is 0 Å². The second-order valence-electron chi connectivity index (χ2n) is 8.42. The fourth-order valence-corrected chi connectivity index (χ4v) is 4.13. The maximum Gasteiger partial charge on any atom is 0.194 e. The van der Waals surface area contributed by atoms with Crippen molar-refractivity contribution in [2.45, 2.75) is 32.0 Å². The van der Waals surface area contributed by atoms with Gasteiger partial charge in [-0.1, -0.05) is 30.3 Å². The Labute approximate surface area is 190 Å². The number of hydrogen-bond acceptors (Lipinski definition) is 3. The van der Waals surface area contributed by atoms with Crippen LogP contribution in [0.25, 0.3) is 10.8 Å². The number of hydrogen-bond donors (Lipinski definition) is 0. The van der Waals surface area contributed by atoms with Crippen LogP contribution in [0.5, 0.6) is 0 Å². The summed E-state index contributed by atoms with van der Waals surface area (Å²) in [4.78, 5) is 0. The minimum absolute atomic E-state index is 0.196. The van der Waals surface area contributed by atoms with Gasteiger partial charge in [-0.25, -0.2) is 17.6 Å². The molecule has 1 heterocycles. The molecule has 1 fully saturated rings. The molecule has 1 aliphatic rings. The fraction of sp³-hybridized carbons (Fsp3) is 0.385. The van der Waals surface area contributed by atoms with Crippen LogP contribution in [0.2, 0.25) is 0 Å². The third-order valence-corrected chi connectivity index (χ3v) is 5.93. The molecule has 0 spiro atoms. The maximum atomic E-state index is 15.0. The zero-order valence-corrected chi connectivity index (χ0v) is 18.4. The van der Waals surface area contributed by atoms with Gasteiger partial charge in [-0.05, 0) is 53.5 Å². The lowest BCUT2D eigenvalue weighted by Crippen LogP contribution is -2.34. The van der Waals surface area contributed by atoms with Crippen LogP contribution in [0, 0.1) is 29.2 Å². The van der Waals surface area contributed by atoms with Gasteiger partial charge in [-0.2, -0.15) is 0 Å². The van der Waals surface area contributed by atoms with Gasteiger partial charge in [-0.15, -0.1) is 0 Å². The highest BCUT2D eigenvalue weighted by Crippen LogP contribution is 2.25. The van der Waals surface area contributed by atoms with Gasteiger partial charge in [0.1, 0.15) is 5.82 Å². The van der Waals surface area contributed by atoms with E-state index in [9.17, 15) is 13.2 Å². The summed E-state index contributed by atoms with van der Waals surface area (Å²) in [6.45, 7) is 1.84. The zero-order valence-electron chi connectivity index (χ0n) is 18.4. The second kappa shape index (κ2) is 10.6. The molecule has 0 bridgehead atoms. The van der Waals surface area contributed by atoms with Gasteiger partial charge >= 0.3 is 0 Å². The van der Waals surface area contributed by atoms with Crippen molar-refractivity contribution in [1.82, 2.24) is 0 Å². The Morgan fingerprint density at radius 1 is 0.818 bits per heavy atom. The van der Waals surface area contributed by atoms with E-state index in [0.29, 0.717) is 37.2 Å². The molecule has 3 aromatic rings. The van der Waals surface area contributed by atoms with Gasteiger partial charge in [-0.3, -0.25) is 0 Å². The molecule has 3 nitrogen and oxygen atoms in total. The standard InChI is InChI=1S/C26H26F4O3/c1-31-13-18-14-32-24(33-15-18)9-4-16-3-8-21-20(10-16)7-6-19(25(21)29)5-2-17-11-22(27)26(30)23(28)12-17/h3,6-8,10-12,18,24H,2,4-5,9,13-15H2,1H3. The van der Waals surface area contributed by atoms with Gasteiger partial charge in [0, 0.05) is 24.8 Å². The first-order valence-corrected chi connectivity index (χ1v) is 11.0. The maximum absolute atomic E-state index is 15.0. The molecule has 1 aliphatic heterocycles. The number of aryl methyl sites for hydroxylation is 3. The molecule has 0 saturated carbocycles. The number of methoxy groups -OCH3 is 1. The first kappa shape index (κ1) is 23.7. The van der Waals surface area contributed by atoms with Crippen LogP contribution in [0.3, 0.4) is 0 Å². The van der Waals surface area contributed by atoms with Crippen molar-refractivity contribution in [1.29, 1.82) is 0 Å². The summed E-state index contributed by atoms with van der Waals surface area (Å²) in [6.07, 6.45) is 1.63. The highest BCUT2D eigenvalue weighted by molar-refractivity contribution is 5.84. The Morgan fingerprint density at radius 2 is 1.55 bits per heavy atom. The molecule has 0 amide bonds. The van der Waals surface area contributed by atoms with E-state index >= 15 is 4.39 Å². The third kappa shape index (κ3) is 5.72. The van der Waals surface area contributed by atoms with E-state index in [1.54, 1.807) is 19.2 Å². The van der Waals surface area contributed by atoms with Gasteiger partial charge in [0.2, 0.25) is 0 Å². The molecule has 0 aromatic heterocycles. The number of fused-ring (bicyclic) bond motifs is 1. The summed E-state index contributed by atoms with van der Waals surface area (Å²) in [5, 5.41) is 1.26. The molecule has 0 N–H and O–H groups in total. The van der Waals surface area contributed by atoms with Crippen molar-refractivity contribution < 1.29 is 31.8 Å². The summed E-state index contributed by atoms with van der Waals surface area (Å²) in [6, 6.07) is 11.0. The van der Waals surface area contributed by atoms with Crippen LogP contribution in [-0.2, 0) is 33.5 Å². The minimum Gasteiger partial charge on any atom is -0.384 e. The van der Waals surface area contributed by atoms with Gasteiger partial charge < -0.3 is 14.2 Å². The highest BCUT2D eigenvalue weighted by atomic mass is 19.2. The average Bonchev–Trinajstić information content (AvgIpc) is 2.82. The van der Waals surface area contributed by atoms with Crippen molar-refractivity contribution in [3.05, 3.63) is 82.4 Å². The molecule has 33 heavy (non-hydrogen) atoms. The molecule has 1 saturated heterocycles. The Hall–Kier alpha value is -2.48. The Bertz CT molecular complexity index is 1090. The van der Waals surface area contributed by atoms with Gasteiger partial charge in [0.05, 0.1) is 19.8 Å². The van der Waals surface area contributed by atoms with Crippen molar-refractivity contribution in [3.8, 4) is 0 Å². The van der Waals surface area contributed by atoms with Crippen LogP contribution >= 0.6 is 0 Å². The number of halogens is 4. The number of benzene rings is 3. The predicted octanol–water partition coefficient (Wildman–Crippen LogP) is 5.75. The zero-order chi connectivity index (χ0) is 23.4. The normalized spacial score (nSPS) is 18.7. The SMILES string of the molecule is COCC1COC(CCc2ccc3c(F)c(CCc4cc(F)c(F)c(F)c4)ccc3c2)OC1. The minimum atomic E-state index is -1.50. The van der Waals surface area contributed by atoms with Crippen molar-refractivity contribution in [3.63, 3.8) is 0 Å². The highest BCUT2D eigenvalue weighted by Gasteiger charge is 2.22. The topological polar surface area (TPSA) is 27.7 Å². The van der Waals surface area contributed by atoms with E-state index in [0.717, 1.165) is 29.5 Å². The first-order chi connectivity index (χ1) is 15.9. The Morgan fingerprint density at radius 3 is 2.24 bits per heavy atom. The molecule has 0 aliphatic carbocycles. The van der Waals surface area contributed by atoms with Crippen molar-refractivity contribution in [2.24, 2.45) is 5.92 Å². The first-order valence-electron chi connectivity index (χ1n) is 11.0. The van der Waals surface area contributed by atoms with E-state index in [2.05, 4.69) is 0 Å². The lowest BCUT2D eigenvalue weighted by atomic mass is 9.98. The number of ether oxygens (including phenoxy) is 3. The van der Waals surface area contributed by atoms with Crippen LogP contribution in [-0.4, -0.2) is 33.2 Å². The van der Waals surface area contributed by atoms with Crippen molar-refractivity contribution >= 4 is 10.8 Å². The van der Waals surface area contributed by atoms with E-state index in [1.165, 1.54) is 0 Å². The smallest absolute Gasteiger partial charge is 0.194 e. The van der Waals surface area contributed by atoms with Crippen LogP contribution in [0.1, 0.15) is 23.1 Å². The fourth-order valence-electron chi connectivity index (χ4n) is 4.13. The molecular weight excluding hydrogens is 436 g/mol. The summed E-state index contributed by atoms with van der Waals surface area (Å²) < 4.78 is 71.6. The van der Waals surface area contributed by atoms with E-state index in [-0.39, 0.29) is 36.4 Å². The third-order valence-electron chi connectivity index (χ3n) is 5.93. The summed E-state index contributed by atoms with van der Waals surface area (Å²) in [5.41, 5.74) is 1.77. The van der Waals surface area contributed by atoms with E-state index in [4.69, 9.17) is 14.2 Å². The molecule has 3 aromatic carbocycles. The summed E-state index contributed by atoms with van der Waals surface area (Å²) in [7, 11) is 1.66. The summed E-state index contributed by atoms with van der Waals surface area (Å²) in [5.74, 6) is -4.08. The lowest BCUT2D eigenvalue weighted by Gasteiger charge is -2.29. The quantitative estimate of drug-likeness (QED) is 0.315. The number of rotatable bonds is 8. The molecule has 0 radical (unpaired) electrons. The molecular formula is C26H26F4O3. The Kier molecular flexibility index (Phi) is 7.63. The van der Waals surface area contributed by atoms with E-state index < -0.39 is 17.5 Å². The summed E-state index contributed by atoms with van der Waals surface area (Å²) >= 11 is 0. The van der Waals surface area contributed by atoms with Crippen LogP contribution in [0.15, 0.2) is 42.5 Å². The Balaban J connectivity index is 1.38. The largest absolute Gasteiger partial charge is 0.384 e. The molecule has 0 atom stereocenters. The van der Waals surface area contributed by atoms with Gasteiger partial charge in [0.15, 0.2) is 23.7 Å². The van der Waals surface area contributed by atoms with Gasteiger partial charge in [0.25, 0.3) is 0 Å².